The van der Waals surface area contributed by atoms with E-state index < -0.39 is 11.7 Å². The van der Waals surface area contributed by atoms with Crippen LogP contribution in [0.1, 0.15) is 26.2 Å². The van der Waals surface area contributed by atoms with Gasteiger partial charge in [0.05, 0.1) is 5.92 Å². The highest BCUT2D eigenvalue weighted by Crippen LogP contribution is 2.27. The summed E-state index contributed by atoms with van der Waals surface area (Å²) in [7, 11) is 0. The van der Waals surface area contributed by atoms with E-state index in [1.807, 2.05) is 0 Å². The largest absolute Gasteiger partial charge is 0.356 e. The van der Waals surface area contributed by atoms with E-state index in [0.29, 0.717) is 17.4 Å². The third kappa shape index (κ3) is 4.36. The van der Waals surface area contributed by atoms with Crippen molar-refractivity contribution in [3.8, 4) is 0 Å². The molecule has 2 amide bonds. The molecule has 4 rings (SSSR count). The van der Waals surface area contributed by atoms with Crippen LogP contribution in [0.3, 0.4) is 0 Å². The highest BCUT2D eigenvalue weighted by Gasteiger charge is 2.35. The first-order chi connectivity index (χ1) is 14.0. The zero-order valence-electron chi connectivity index (χ0n) is 16.3. The summed E-state index contributed by atoms with van der Waals surface area (Å²) in [5.74, 6) is 0.550. The SMILES string of the molecule is CC1CCN(c2cc(NC(=O)C3CC(=O)N(c4cccc(F)c4)C3)ncn2)CC1. The molecule has 2 fully saturated rings. The Balaban J connectivity index is 1.41. The van der Waals surface area contributed by atoms with Gasteiger partial charge in [-0.15, -0.1) is 0 Å². The van der Waals surface area contributed by atoms with Gasteiger partial charge in [0.15, 0.2) is 0 Å². The number of anilines is 3. The standard InChI is InChI=1S/C21H24FN5O2/c1-14-5-7-26(8-6-14)19-11-18(23-13-24-19)25-21(29)15-9-20(28)27(12-15)17-4-2-3-16(22)10-17/h2-4,10-11,13-15H,5-9,12H2,1H3,(H,23,24,25,29). The molecule has 0 aliphatic carbocycles. The minimum Gasteiger partial charge on any atom is -0.356 e. The fraction of sp³-hybridized carbons (Fsp3) is 0.429. The lowest BCUT2D eigenvalue weighted by Gasteiger charge is -2.31. The molecule has 0 radical (unpaired) electrons. The number of piperidine rings is 1. The maximum Gasteiger partial charge on any atom is 0.230 e. The molecular weight excluding hydrogens is 373 g/mol. The number of amides is 2. The molecule has 1 unspecified atom stereocenters. The van der Waals surface area contributed by atoms with Gasteiger partial charge in [0.2, 0.25) is 11.8 Å². The minimum atomic E-state index is -0.514. The molecule has 0 spiro atoms. The molecule has 1 aromatic heterocycles. The summed E-state index contributed by atoms with van der Waals surface area (Å²) in [6.07, 6.45) is 3.77. The summed E-state index contributed by atoms with van der Waals surface area (Å²) in [4.78, 5) is 37.2. The number of benzene rings is 1. The van der Waals surface area contributed by atoms with Crippen molar-refractivity contribution in [3.05, 3.63) is 42.5 Å². The van der Waals surface area contributed by atoms with Gasteiger partial charge in [-0.2, -0.15) is 0 Å². The maximum absolute atomic E-state index is 13.5. The van der Waals surface area contributed by atoms with E-state index in [1.165, 1.54) is 23.4 Å². The molecule has 2 aromatic rings. The average molecular weight is 397 g/mol. The predicted octanol–water partition coefficient (Wildman–Crippen LogP) is 2.84. The highest BCUT2D eigenvalue weighted by atomic mass is 19.1. The molecule has 1 atom stereocenters. The van der Waals surface area contributed by atoms with Gasteiger partial charge in [-0.05, 0) is 37.0 Å². The van der Waals surface area contributed by atoms with Crippen LogP contribution in [0.4, 0.5) is 21.7 Å². The number of aromatic nitrogens is 2. The van der Waals surface area contributed by atoms with E-state index in [9.17, 15) is 14.0 Å². The molecule has 1 aromatic carbocycles. The van der Waals surface area contributed by atoms with Gasteiger partial charge >= 0.3 is 0 Å². The Hall–Kier alpha value is -3.03. The van der Waals surface area contributed by atoms with Gasteiger partial charge in [0, 0.05) is 37.8 Å². The zero-order valence-corrected chi connectivity index (χ0v) is 16.3. The van der Waals surface area contributed by atoms with E-state index in [4.69, 9.17) is 0 Å². The van der Waals surface area contributed by atoms with Crippen LogP contribution >= 0.6 is 0 Å². The Labute approximate surface area is 168 Å². The van der Waals surface area contributed by atoms with Crippen molar-refractivity contribution in [2.24, 2.45) is 11.8 Å². The fourth-order valence-corrected chi connectivity index (χ4v) is 3.83. The van der Waals surface area contributed by atoms with Crippen LogP contribution in [-0.2, 0) is 9.59 Å². The average Bonchev–Trinajstić information content (AvgIpc) is 3.11. The Bertz CT molecular complexity index is 913. The number of carbonyl (C=O) groups excluding carboxylic acids is 2. The Kier molecular flexibility index (Phi) is 5.42. The van der Waals surface area contributed by atoms with E-state index in [2.05, 4.69) is 27.1 Å². The number of rotatable bonds is 4. The van der Waals surface area contributed by atoms with Gasteiger partial charge in [-0.25, -0.2) is 14.4 Å². The molecule has 2 aliphatic heterocycles. The Morgan fingerprint density at radius 3 is 2.76 bits per heavy atom. The van der Waals surface area contributed by atoms with Crippen LogP contribution in [0.25, 0.3) is 0 Å². The van der Waals surface area contributed by atoms with Crippen LogP contribution < -0.4 is 15.1 Å². The summed E-state index contributed by atoms with van der Waals surface area (Å²) < 4.78 is 13.5. The number of nitrogens with one attached hydrogen (secondary N) is 1. The van der Waals surface area contributed by atoms with Gasteiger partial charge in [-0.3, -0.25) is 9.59 Å². The first-order valence-corrected chi connectivity index (χ1v) is 9.93. The van der Waals surface area contributed by atoms with Crippen molar-refractivity contribution in [3.63, 3.8) is 0 Å². The second-order valence-corrected chi connectivity index (χ2v) is 7.81. The third-order valence-electron chi connectivity index (χ3n) is 5.63. The predicted molar refractivity (Wildman–Crippen MR) is 108 cm³/mol. The lowest BCUT2D eigenvalue weighted by molar-refractivity contribution is -0.122. The number of halogens is 1. The summed E-state index contributed by atoms with van der Waals surface area (Å²) in [6, 6.07) is 7.61. The Morgan fingerprint density at radius 1 is 1.21 bits per heavy atom. The topological polar surface area (TPSA) is 78.4 Å². The second kappa shape index (κ2) is 8.14. The van der Waals surface area contributed by atoms with Gasteiger partial charge in [-0.1, -0.05) is 13.0 Å². The van der Waals surface area contributed by atoms with Crippen molar-refractivity contribution >= 4 is 29.1 Å². The summed E-state index contributed by atoms with van der Waals surface area (Å²) in [6.45, 7) is 4.34. The molecule has 29 heavy (non-hydrogen) atoms. The molecule has 3 heterocycles. The first-order valence-electron chi connectivity index (χ1n) is 9.93. The number of nitrogens with zero attached hydrogens (tertiary/aromatic N) is 4. The number of hydrogen-bond donors (Lipinski definition) is 1. The lowest BCUT2D eigenvalue weighted by atomic mass is 9.99. The zero-order chi connectivity index (χ0) is 20.4. The maximum atomic E-state index is 13.5. The fourth-order valence-electron chi connectivity index (χ4n) is 3.83. The molecule has 152 valence electrons. The monoisotopic (exact) mass is 397 g/mol. The van der Waals surface area contributed by atoms with Crippen LogP contribution in [-0.4, -0.2) is 41.4 Å². The van der Waals surface area contributed by atoms with E-state index in [1.54, 1.807) is 18.2 Å². The van der Waals surface area contributed by atoms with Crippen LogP contribution in [0, 0.1) is 17.7 Å². The minimum absolute atomic E-state index is 0.0876. The van der Waals surface area contributed by atoms with Gasteiger partial charge in [0.25, 0.3) is 0 Å². The molecule has 0 saturated carbocycles. The summed E-state index contributed by atoms with van der Waals surface area (Å²) in [5.41, 5.74) is 0.467. The molecule has 7 nitrogen and oxygen atoms in total. The number of hydrogen-bond acceptors (Lipinski definition) is 5. The van der Waals surface area contributed by atoms with E-state index in [-0.39, 0.29) is 24.8 Å². The smallest absolute Gasteiger partial charge is 0.230 e. The second-order valence-electron chi connectivity index (χ2n) is 7.81. The Morgan fingerprint density at radius 2 is 2.00 bits per heavy atom. The van der Waals surface area contributed by atoms with Gasteiger partial charge < -0.3 is 15.1 Å². The normalized spacial score (nSPS) is 20.2. The van der Waals surface area contributed by atoms with E-state index in [0.717, 1.165) is 31.7 Å². The highest BCUT2D eigenvalue weighted by molar-refractivity contribution is 6.03. The molecular formula is C21H24FN5O2. The van der Waals surface area contributed by atoms with Crippen LogP contribution in [0.15, 0.2) is 36.7 Å². The molecule has 0 bridgehead atoms. The van der Waals surface area contributed by atoms with Crippen molar-refractivity contribution < 1.29 is 14.0 Å². The van der Waals surface area contributed by atoms with Crippen molar-refractivity contribution in [2.75, 3.05) is 34.8 Å². The van der Waals surface area contributed by atoms with Crippen molar-refractivity contribution in [2.45, 2.75) is 26.2 Å². The quantitative estimate of drug-likeness (QED) is 0.858. The van der Waals surface area contributed by atoms with Crippen LogP contribution in [0.2, 0.25) is 0 Å². The summed E-state index contributed by atoms with van der Waals surface area (Å²) in [5, 5.41) is 2.81. The lowest BCUT2D eigenvalue weighted by Crippen LogP contribution is -2.33. The summed E-state index contributed by atoms with van der Waals surface area (Å²) >= 11 is 0. The van der Waals surface area contributed by atoms with E-state index >= 15 is 0 Å². The third-order valence-corrected chi connectivity index (χ3v) is 5.63. The number of carbonyl (C=O) groups is 2. The van der Waals surface area contributed by atoms with Crippen LogP contribution in [0.5, 0.6) is 0 Å². The molecule has 2 aliphatic rings. The first kappa shape index (κ1) is 19.3. The molecule has 1 N–H and O–H groups in total. The van der Waals surface area contributed by atoms with Gasteiger partial charge in [0.1, 0.15) is 23.8 Å². The van der Waals surface area contributed by atoms with Crippen molar-refractivity contribution in [1.29, 1.82) is 0 Å². The molecule has 8 heteroatoms. The van der Waals surface area contributed by atoms with Crippen molar-refractivity contribution in [1.82, 2.24) is 9.97 Å². The molecule has 2 saturated heterocycles.